The first-order valence-electron chi connectivity index (χ1n) is 4.61. The number of aldehydes is 1. The van der Waals surface area contributed by atoms with Crippen molar-refractivity contribution >= 4 is 12.2 Å². The molecule has 0 aliphatic heterocycles. The van der Waals surface area contributed by atoms with E-state index in [1.807, 2.05) is 0 Å². The molecule has 4 N–H and O–H groups in total. The molecule has 17 heavy (non-hydrogen) atoms. The van der Waals surface area contributed by atoms with Crippen molar-refractivity contribution < 1.29 is 14.6 Å². The fourth-order valence-corrected chi connectivity index (χ4v) is 1.02. The van der Waals surface area contributed by atoms with E-state index in [2.05, 4.69) is 15.2 Å². The quantitative estimate of drug-likeness (QED) is 0.658. The zero-order chi connectivity index (χ0) is 12.7. The predicted molar refractivity (Wildman–Crippen MR) is 60.8 cm³/mol. The molecule has 0 spiro atoms. The molecule has 0 radical (unpaired) electrons. The Kier molecular flexibility index (Phi) is 4.49. The van der Waals surface area contributed by atoms with Crippen LogP contribution in [0.4, 0.5) is 5.95 Å². The van der Waals surface area contributed by atoms with Crippen LogP contribution >= 0.6 is 0 Å². The zero-order valence-corrected chi connectivity index (χ0v) is 9.12. The molecule has 0 fully saturated rings. The van der Waals surface area contributed by atoms with Crippen LogP contribution < -0.4 is 10.5 Å². The number of hydrogen-bond donors (Lipinski definition) is 3. The van der Waals surface area contributed by atoms with Crippen LogP contribution in [-0.2, 0) is 0 Å². The van der Waals surface area contributed by atoms with Crippen molar-refractivity contribution in [1.29, 1.82) is 0 Å². The highest BCUT2D eigenvalue weighted by atomic mass is 16.5. The number of phenols is 1. The lowest BCUT2D eigenvalue weighted by Crippen LogP contribution is -1.86. The van der Waals surface area contributed by atoms with Gasteiger partial charge < -0.3 is 15.6 Å². The third kappa shape index (κ3) is 3.49. The highest BCUT2D eigenvalue weighted by Crippen LogP contribution is 2.27. The largest absolute Gasteiger partial charge is 0.504 e. The first-order valence-corrected chi connectivity index (χ1v) is 4.61. The van der Waals surface area contributed by atoms with Gasteiger partial charge in [-0.2, -0.15) is 0 Å². The van der Waals surface area contributed by atoms with Crippen LogP contribution in [0, 0.1) is 0 Å². The minimum absolute atomic E-state index is 0.106. The Morgan fingerprint density at radius 2 is 2.29 bits per heavy atom. The van der Waals surface area contributed by atoms with Gasteiger partial charge in [-0.15, -0.1) is 5.10 Å². The maximum absolute atomic E-state index is 10.3. The molecular formula is C10H12N4O3. The summed E-state index contributed by atoms with van der Waals surface area (Å²) in [5.41, 5.74) is 5.26. The number of para-hydroxylation sites is 1. The van der Waals surface area contributed by atoms with Gasteiger partial charge in [0.05, 0.1) is 12.7 Å². The molecular weight excluding hydrogens is 224 g/mol. The fraction of sp³-hybridized carbons (Fsp3) is 0.100. The van der Waals surface area contributed by atoms with Gasteiger partial charge in [-0.1, -0.05) is 6.07 Å². The molecule has 0 atom stereocenters. The molecule has 90 valence electrons. The average molecular weight is 236 g/mol. The number of benzene rings is 1. The van der Waals surface area contributed by atoms with E-state index in [-0.39, 0.29) is 17.3 Å². The number of rotatable bonds is 2. The fourth-order valence-electron chi connectivity index (χ4n) is 1.02. The van der Waals surface area contributed by atoms with Crippen LogP contribution in [0.2, 0.25) is 0 Å². The molecule has 1 aromatic carbocycles. The summed E-state index contributed by atoms with van der Waals surface area (Å²) in [7, 11) is 1.43. The number of phenolic OH excluding ortho intramolecular Hbond substituents is 1. The lowest BCUT2D eigenvalue weighted by Gasteiger charge is -2.02. The van der Waals surface area contributed by atoms with Gasteiger partial charge in [-0.05, 0) is 12.1 Å². The van der Waals surface area contributed by atoms with Crippen LogP contribution in [0.1, 0.15) is 10.4 Å². The molecule has 0 aliphatic rings. The number of nitrogen functional groups attached to an aromatic ring is 1. The van der Waals surface area contributed by atoms with E-state index in [1.165, 1.54) is 19.5 Å². The van der Waals surface area contributed by atoms with Crippen molar-refractivity contribution in [2.75, 3.05) is 12.8 Å². The highest BCUT2D eigenvalue weighted by molar-refractivity contribution is 5.80. The van der Waals surface area contributed by atoms with E-state index in [1.54, 1.807) is 12.1 Å². The van der Waals surface area contributed by atoms with Gasteiger partial charge in [0, 0.05) is 0 Å². The minimum atomic E-state index is -0.106. The van der Waals surface area contributed by atoms with E-state index in [9.17, 15) is 9.90 Å². The van der Waals surface area contributed by atoms with Crippen LogP contribution in [0.3, 0.4) is 0 Å². The lowest BCUT2D eigenvalue weighted by molar-refractivity contribution is 0.112. The third-order valence-electron chi connectivity index (χ3n) is 1.81. The monoisotopic (exact) mass is 236 g/mol. The molecule has 0 bridgehead atoms. The number of hydrogen-bond acceptors (Lipinski definition) is 6. The Morgan fingerprint density at radius 3 is 2.71 bits per heavy atom. The summed E-state index contributed by atoms with van der Waals surface area (Å²) >= 11 is 0. The summed E-state index contributed by atoms with van der Waals surface area (Å²) in [5, 5.41) is 15.1. The molecule has 0 saturated heterocycles. The number of carbonyl (C=O) groups excluding carboxylic acids is 1. The minimum Gasteiger partial charge on any atom is -0.504 e. The second-order valence-electron chi connectivity index (χ2n) is 2.87. The second kappa shape index (κ2) is 6.11. The molecule has 0 amide bonds. The Hall–Kier alpha value is -2.57. The number of aromatic amines is 1. The smallest absolute Gasteiger partial charge is 0.239 e. The number of nitrogens with zero attached hydrogens (tertiary/aromatic N) is 2. The van der Waals surface area contributed by atoms with Gasteiger partial charge in [0.2, 0.25) is 5.95 Å². The first kappa shape index (κ1) is 12.5. The maximum atomic E-state index is 10.3. The van der Waals surface area contributed by atoms with Gasteiger partial charge in [0.15, 0.2) is 17.8 Å². The molecule has 1 heterocycles. The van der Waals surface area contributed by atoms with Gasteiger partial charge in [0.25, 0.3) is 0 Å². The van der Waals surface area contributed by atoms with Gasteiger partial charge >= 0.3 is 0 Å². The normalized spacial score (nSPS) is 9.00. The van der Waals surface area contributed by atoms with Crippen molar-refractivity contribution in [3.8, 4) is 11.5 Å². The highest BCUT2D eigenvalue weighted by Gasteiger charge is 2.04. The lowest BCUT2D eigenvalue weighted by atomic mass is 10.2. The molecule has 0 saturated carbocycles. The van der Waals surface area contributed by atoms with Crippen molar-refractivity contribution in [3.05, 3.63) is 30.1 Å². The molecule has 7 heteroatoms. The van der Waals surface area contributed by atoms with E-state index in [4.69, 9.17) is 10.5 Å². The van der Waals surface area contributed by atoms with Gasteiger partial charge in [-0.3, -0.25) is 9.89 Å². The van der Waals surface area contributed by atoms with Gasteiger partial charge in [-0.25, -0.2) is 4.98 Å². The van der Waals surface area contributed by atoms with Crippen molar-refractivity contribution in [3.63, 3.8) is 0 Å². The van der Waals surface area contributed by atoms with Crippen LogP contribution in [-0.4, -0.2) is 33.7 Å². The van der Waals surface area contributed by atoms with E-state index >= 15 is 0 Å². The van der Waals surface area contributed by atoms with E-state index in [0.29, 0.717) is 12.0 Å². The Bertz CT molecular complexity index is 470. The van der Waals surface area contributed by atoms with E-state index < -0.39 is 0 Å². The number of anilines is 1. The number of ether oxygens (including phenoxy) is 1. The summed E-state index contributed by atoms with van der Waals surface area (Å²) in [6.45, 7) is 0. The Labute approximate surface area is 97.3 Å². The maximum Gasteiger partial charge on any atom is 0.239 e. The van der Waals surface area contributed by atoms with Crippen molar-refractivity contribution in [2.24, 2.45) is 0 Å². The van der Waals surface area contributed by atoms with Crippen molar-refractivity contribution in [2.45, 2.75) is 0 Å². The van der Waals surface area contributed by atoms with Crippen LogP contribution in [0.5, 0.6) is 11.5 Å². The number of aromatic hydroxyl groups is 1. The number of nitrogens with one attached hydrogen (secondary N) is 1. The Morgan fingerprint density at radius 1 is 1.53 bits per heavy atom. The standard InChI is InChI=1S/C8H8O3.C2H4N4/c1-11-7-4-2-3-6(5-9)8(7)10;3-2-4-1-5-6-2/h2-5,10H,1H3;1H,(H3,3,4,5,6). The SMILES string of the molecule is COc1cccc(C=O)c1O.Nc1nc[nH]n1. The molecule has 2 aromatic rings. The third-order valence-corrected chi connectivity index (χ3v) is 1.81. The molecule has 7 nitrogen and oxygen atoms in total. The zero-order valence-electron chi connectivity index (χ0n) is 9.12. The Balaban J connectivity index is 0.000000202. The van der Waals surface area contributed by atoms with Crippen LogP contribution in [0.25, 0.3) is 0 Å². The predicted octanol–water partition coefficient (Wildman–Crippen LogP) is 0.600. The summed E-state index contributed by atoms with van der Waals surface area (Å²) in [5.74, 6) is 0.495. The number of nitrogens with two attached hydrogens (primary N) is 1. The van der Waals surface area contributed by atoms with Crippen molar-refractivity contribution in [1.82, 2.24) is 15.2 Å². The molecule has 0 aliphatic carbocycles. The number of H-pyrrole nitrogens is 1. The molecule has 2 rings (SSSR count). The summed E-state index contributed by atoms with van der Waals surface area (Å²) < 4.78 is 4.78. The topological polar surface area (TPSA) is 114 Å². The average Bonchev–Trinajstić information content (AvgIpc) is 2.81. The first-order chi connectivity index (χ1) is 8.19. The molecule has 0 unspecified atom stereocenters. The summed E-state index contributed by atoms with van der Waals surface area (Å²) in [4.78, 5) is 13.8. The van der Waals surface area contributed by atoms with Gasteiger partial charge in [0.1, 0.15) is 6.33 Å². The number of aromatic nitrogens is 3. The summed E-state index contributed by atoms with van der Waals surface area (Å²) in [6.07, 6.45) is 2.01. The second-order valence-corrected chi connectivity index (χ2v) is 2.87. The van der Waals surface area contributed by atoms with Crippen LogP contribution in [0.15, 0.2) is 24.5 Å². The summed E-state index contributed by atoms with van der Waals surface area (Å²) in [6, 6.07) is 4.75. The number of methoxy groups -OCH3 is 1. The number of carbonyl (C=O) groups is 1. The molecule has 1 aromatic heterocycles. The van der Waals surface area contributed by atoms with E-state index in [0.717, 1.165) is 0 Å².